The molecular weight excluding hydrogens is 490 g/mol. The molecule has 37 heavy (non-hydrogen) atoms. The average molecular weight is 522 g/mol. The van der Waals surface area contributed by atoms with Crippen molar-refractivity contribution in [1.29, 1.82) is 0 Å². The number of hydrogen-bond donors (Lipinski definition) is 2. The van der Waals surface area contributed by atoms with Crippen LogP contribution in [0.5, 0.6) is 0 Å². The maximum atomic E-state index is 11.6. The molecule has 2 N–H and O–H groups in total. The van der Waals surface area contributed by atoms with Crippen molar-refractivity contribution in [2.45, 2.75) is 36.3 Å². The highest BCUT2D eigenvalue weighted by atomic mass is 32.2. The van der Waals surface area contributed by atoms with E-state index in [-0.39, 0.29) is 10.8 Å². The molecule has 1 fully saturated rings. The molecule has 0 bridgehead atoms. The fraction of sp³-hybridized carbons (Fsp3) is 0.423. The number of anilines is 2. The van der Waals surface area contributed by atoms with Crippen LogP contribution in [0.2, 0.25) is 0 Å². The highest BCUT2D eigenvalue weighted by Crippen LogP contribution is 2.43. The summed E-state index contributed by atoms with van der Waals surface area (Å²) in [5.41, 5.74) is 5.18. The number of carbonyl (C=O) groups excluding carboxylic acids is 1. The van der Waals surface area contributed by atoms with Crippen molar-refractivity contribution in [3.8, 4) is 11.4 Å². The Morgan fingerprint density at radius 1 is 1.19 bits per heavy atom. The first-order valence-electron chi connectivity index (χ1n) is 12.4. The van der Waals surface area contributed by atoms with Gasteiger partial charge in [-0.1, -0.05) is 38.1 Å². The van der Waals surface area contributed by atoms with E-state index in [0.717, 1.165) is 47.3 Å². The molecule has 5 rings (SSSR count). The minimum absolute atomic E-state index is 0.196. The Balaban J connectivity index is 1.38. The zero-order chi connectivity index (χ0) is 25.9. The minimum atomic E-state index is -0.639. The summed E-state index contributed by atoms with van der Waals surface area (Å²) in [6.07, 6.45) is 3.62. The molecule has 4 heterocycles. The van der Waals surface area contributed by atoms with Gasteiger partial charge in [0.15, 0.2) is 5.82 Å². The molecular formula is C26H31N7O3S. The van der Waals surface area contributed by atoms with Crippen molar-refractivity contribution >= 4 is 29.4 Å². The number of aromatic nitrogens is 4. The molecule has 11 heteroatoms. The van der Waals surface area contributed by atoms with Gasteiger partial charge in [0.2, 0.25) is 5.95 Å². The van der Waals surface area contributed by atoms with Crippen molar-refractivity contribution in [3.05, 3.63) is 53.5 Å². The number of carbonyl (C=O) groups is 1. The smallest absolute Gasteiger partial charge is 0.277 e. The van der Waals surface area contributed by atoms with E-state index in [0.29, 0.717) is 31.6 Å². The van der Waals surface area contributed by atoms with E-state index in [1.807, 2.05) is 11.9 Å². The fourth-order valence-electron chi connectivity index (χ4n) is 4.49. The Morgan fingerprint density at radius 2 is 1.89 bits per heavy atom. The van der Waals surface area contributed by atoms with Gasteiger partial charge in [-0.2, -0.15) is 0 Å². The fourth-order valence-corrected chi connectivity index (χ4v) is 5.91. The molecule has 10 nitrogen and oxygen atoms in total. The lowest BCUT2D eigenvalue weighted by Gasteiger charge is -2.29. The number of nitrogens with zero attached hydrogens (tertiary/aromatic N) is 6. The molecule has 1 unspecified atom stereocenters. The summed E-state index contributed by atoms with van der Waals surface area (Å²) in [6, 6.07) is 8.55. The molecule has 0 spiro atoms. The number of amides is 1. The van der Waals surface area contributed by atoms with Crippen LogP contribution in [0, 0.1) is 0 Å². The van der Waals surface area contributed by atoms with Crippen LogP contribution in [-0.2, 0) is 11.2 Å². The van der Waals surface area contributed by atoms with Crippen molar-refractivity contribution < 1.29 is 14.7 Å². The van der Waals surface area contributed by atoms with Crippen LogP contribution < -0.4 is 15.3 Å². The number of rotatable bonds is 7. The van der Waals surface area contributed by atoms with Crippen LogP contribution in [0.25, 0.3) is 11.4 Å². The Kier molecular flexibility index (Phi) is 7.54. The Bertz CT molecular complexity index is 1250. The van der Waals surface area contributed by atoms with Crippen LogP contribution in [0.3, 0.4) is 0 Å². The second kappa shape index (κ2) is 11.0. The first kappa shape index (κ1) is 25.4. The molecule has 1 saturated heterocycles. The number of ether oxygens (including phenoxy) is 1. The number of thioether (sulfide) groups is 1. The average Bonchev–Trinajstić information content (AvgIpc) is 3.35. The first-order chi connectivity index (χ1) is 17.9. The maximum absolute atomic E-state index is 11.6. The molecule has 1 atom stereocenters. The van der Waals surface area contributed by atoms with Crippen LogP contribution in [-0.4, -0.2) is 76.2 Å². The number of fused-ring (bicyclic) bond motifs is 1. The molecule has 1 amide bonds. The van der Waals surface area contributed by atoms with E-state index in [1.165, 1.54) is 18.0 Å². The van der Waals surface area contributed by atoms with E-state index in [2.05, 4.69) is 53.0 Å². The van der Waals surface area contributed by atoms with Crippen molar-refractivity contribution in [3.63, 3.8) is 0 Å². The van der Waals surface area contributed by atoms with Gasteiger partial charge in [-0.05, 0) is 11.5 Å². The van der Waals surface area contributed by atoms with E-state index >= 15 is 0 Å². The number of hydroxylamine groups is 1. The molecule has 2 aliphatic heterocycles. The number of benzene rings is 1. The molecule has 194 valence electrons. The zero-order valence-corrected chi connectivity index (χ0v) is 22.0. The Labute approximate surface area is 220 Å². The number of nitrogens with one attached hydrogen (secondary N) is 1. The number of morpholine rings is 1. The predicted octanol–water partition coefficient (Wildman–Crippen LogP) is 3.17. The lowest BCUT2D eigenvalue weighted by atomic mass is 10.0. The SMILES string of the molecule is CC(C)c1ccc(-c2nc3c(c(N4CCOCC4)n2)SC(CN(C)c2ncc(C(=O)NO)cn2)C3)cc1. The summed E-state index contributed by atoms with van der Waals surface area (Å²) in [6.45, 7) is 8.08. The lowest BCUT2D eigenvalue weighted by Crippen LogP contribution is -2.37. The highest BCUT2D eigenvalue weighted by Gasteiger charge is 2.32. The van der Waals surface area contributed by atoms with Gasteiger partial charge in [0.1, 0.15) is 5.82 Å². The molecule has 0 saturated carbocycles. The zero-order valence-electron chi connectivity index (χ0n) is 21.2. The van der Waals surface area contributed by atoms with E-state index in [9.17, 15) is 4.79 Å². The van der Waals surface area contributed by atoms with Gasteiger partial charge in [0, 0.05) is 56.3 Å². The summed E-state index contributed by atoms with van der Waals surface area (Å²) < 4.78 is 5.59. The number of hydrogen-bond acceptors (Lipinski definition) is 10. The topological polar surface area (TPSA) is 117 Å². The summed E-state index contributed by atoms with van der Waals surface area (Å²) in [5, 5.41) is 9.04. The normalized spacial score (nSPS) is 17.1. The van der Waals surface area contributed by atoms with Gasteiger partial charge in [0.25, 0.3) is 5.91 Å². The van der Waals surface area contributed by atoms with Gasteiger partial charge in [-0.25, -0.2) is 25.4 Å². The van der Waals surface area contributed by atoms with Gasteiger partial charge in [0.05, 0.1) is 29.4 Å². The largest absolute Gasteiger partial charge is 0.378 e. The highest BCUT2D eigenvalue weighted by molar-refractivity contribution is 8.00. The monoisotopic (exact) mass is 521 g/mol. The maximum Gasteiger partial charge on any atom is 0.277 e. The van der Waals surface area contributed by atoms with E-state index in [4.69, 9.17) is 19.9 Å². The molecule has 0 radical (unpaired) electrons. The third-order valence-corrected chi connectivity index (χ3v) is 7.89. The summed E-state index contributed by atoms with van der Waals surface area (Å²) >= 11 is 1.80. The molecule has 0 aliphatic carbocycles. The lowest BCUT2D eigenvalue weighted by molar-refractivity contribution is 0.0705. The summed E-state index contributed by atoms with van der Waals surface area (Å²) in [5.74, 6) is 2.09. The third-order valence-electron chi connectivity index (χ3n) is 6.59. The molecule has 3 aromatic rings. The minimum Gasteiger partial charge on any atom is -0.378 e. The van der Waals surface area contributed by atoms with Crippen LogP contribution >= 0.6 is 11.8 Å². The summed E-state index contributed by atoms with van der Waals surface area (Å²) in [4.78, 5) is 35.6. The van der Waals surface area contributed by atoms with Gasteiger partial charge >= 0.3 is 0 Å². The standard InChI is InChI=1S/C26H31N7O3S/c1-16(2)17-4-6-18(7-5-17)23-29-21-12-20(37-22(21)24(30-23)33-8-10-36-11-9-33)15-32(3)26-27-13-19(14-28-26)25(34)31-35/h4-7,13-14,16,20,35H,8-12,15H2,1-3H3,(H,31,34). The van der Waals surface area contributed by atoms with Crippen molar-refractivity contribution in [2.24, 2.45) is 0 Å². The quantitative estimate of drug-likeness (QED) is 0.355. The Morgan fingerprint density at radius 3 is 2.54 bits per heavy atom. The van der Waals surface area contributed by atoms with Gasteiger partial charge in [-0.15, -0.1) is 11.8 Å². The van der Waals surface area contributed by atoms with Crippen LogP contribution in [0.1, 0.15) is 41.4 Å². The second-order valence-corrected chi connectivity index (χ2v) is 10.9. The van der Waals surface area contributed by atoms with Gasteiger partial charge in [-0.3, -0.25) is 10.0 Å². The third kappa shape index (κ3) is 5.53. The van der Waals surface area contributed by atoms with Crippen LogP contribution in [0.4, 0.5) is 11.8 Å². The van der Waals surface area contributed by atoms with E-state index in [1.54, 1.807) is 17.2 Å². The summed E-state index contributed by atoms with van der Waals surface area (Å²) in [7, 11) is 1.93. The second-order valence-electron chi connectivity index (χ2n) is 9.56. The molecule has 1 aromatic carbocycles. The van der Waals surface area contributed by atoms with Crippen molar-refractivity contribution in [1.82, 2.24) is 25.4 Å². The molecule has 2 aliphatic rings. The van der Waals surface area contributed by atoms with E-state index < -0.39 is 5.91 Å². The predicted molar refractivity (Wildman–Crippen MR) is 142 cm³/mol. The van der Waals surface area contributed by atoms with Gasteiger partial charge < -0.3 is 14.5 Å². The van der Waals surface area contributed by atoms with Crippen molar-refractivity contribution in [2.75, 3.05) is 49.7 Å². The first-order valence-corrected chi connectivity index (χ1v) is 13.3. The molecule has 2 aromatic heterocycles. The Hall–Kier alpha value is -3.28. The van der Waals surface area contributed by atoms with Crippen LogP contribution in [0.15, 0.2) is 41.6 Å².